The Bertz CT molecular complexity index is 126. The van der Waals surface area contributed by atoms with Crippen LogP contribution in [0.4, 0.5) is 0 Å². The van der Waals surface area contributed by atoms with Crippen LogP contribution in [0.2, 0.25) is 0 Å². The highest BCUT2D eigenvalue weighted by molar-refractivity contribution is 5.72. The molecule has 13 heavy (non-hydrogen) atoms. The van der Waals surface area contributed by atoms with Gasteiger partial charge in [-0.3, -0.25) is 0 Å². The molecule has 0 aromatic rings. The van der Waals surface area contributed by atoms with E-state index in [9.17, 15) is 4.79 Å². The normalized spacial score (nSPS) is 18.8. The molecule has 1 heterocycles. The summed E-state index contributed by atoms with van der Waals surface area (Å²) in [4.78, 5) is 9.44. The quantitative estimate of drug-likeness (QED) is 0.488. The van der Waals surface area contributed by atoms with E-state index in [0.717, 1.165) is 19.8 Å². The molecule has 0 bridgehead atoms. The van der Waals surface area contributed by atoms with Gasteiger partial charge in [-0.2, -0.15) is 0 Å². The van der Waals surface area contributed by atoms with Crippen molar-refractivity contribution >= 4 is 5.78 Å². The maximum absolute atomic E-state index is 9.44. The molecule has 3 nitrogen and oxygen atoms in total. The van der Waals surface area contributed by atoms with Crippen LogP contribution in [-0.4, -0.2) is 31.7 Å². The number of carbonyl (C=O) groups excluding carboxylic acids is 1. The van der Waals surface area contributed by atoms with Gasteiger partial charge in [0, 0.05) is 6.61 Å². The van der Waals surface area contributed by atoms with E-state index in [1.165, 1.54) is 26.7 Å². The van der Waals surface area contributed by atoms with E-state index in [2.05, 4.69) is 6.92 Å². The van der Waals surface area contributed by atoms with Crippen molar-refractivity contribution < 1.29 is 14.3 Å². The Kier molecular flexibility index (Phi) is 7.94. The fourth-order valence-electron chi connectivity index (χ4n) is 0.625. The van der Waals surface area contributed by atoms with Crippen LogP contribution in [0, 0.1) is 0 Å². The third-order valence-corrected chi connectivity index (χ3v) is 1.35. The van der Waals surface area contributed by atoms with Crippen LogP contribution in [-0.2, 0) is 14.3 Å². The van der Waals surface area contributed by atoms with E-state index in [-0.39, 0.29) is 5.78 Å². The predicted octanol–water partition coefficient (Wildman–Crippen LogP) is 1.80. The van der Waals surface area contributed by atoms with Gasteiger partial charge in [-0.05, 0) is 20.3 Å². The Morgan fingerprint density at radius 3 is 2.46 bits per heavy atom. The second kappa shape index (κ2) is 8.20. The maximum atomic E-state index is 9.44. The molecule has 0 spiro atoms. The topological polar surface area (TPSA) is 38.8 Å². The van der Waals surface area contributed by atoms with Crippen molar-refractivity contribution in [3.05, 3.63) is 0 Å². The highest BCUT2D eigenvalue weighted by Crippen LogP contribution is 2.08. The molecule has 1 unspecified atom stereocenters. The molecule has 1 atom stereocenters. The first-order valence-corrected chi connectivity index (χ1v) is 4.83. The lowest BCUT2D eigenvalue weighted by atomic mass is 10.4. The van der Waals surface area contributed by atoms with Crippen molar-refractivity contribution in [2.75, 3.05) is 19.8 Å². The van der Waals surface area contributed by atoms with Gasteiger partial charge in [-0.25, -0.2) is 0 Å². The number of carbonyl (C=O) groups is 1. The number of epoxide rings is 1. The molecule has 0 saturated carbocycles. The zero-order valence-electron chi connectivity index (χ0n) is 8.84. The fourth-order valence-corrected chi connectivity index (χ4v) is 0.625. The van der Waals surface area contributed by atoms with Crippen LogP contribution < -0.4 is 0 Å². The first kappa shape index (κ1) is 12.6. The van der Waals surface area contributed by atoms with Gasteiger partial charge < -0.3 is 14.3 Å². The molecule has 1 saturated heterocycles. The molecule has 0 amide bonds. The van der Waals surface area contributed by atoms with E-state index >= 15 is 0 Å². The molecule has 0 aromatic heterocycles. The number of ketones is 1. The molecule has 78 valence electrons. The first-order valence-electron chi connectivity index (χ1n) is 4.83. The number of rotatable bonds is 5. The summed E-state index contributed by atoms with van der Waals surface area (Å²) in [5.74, 6) is 0.167. The van der Waals surface area contributed by atoms with Crippen molar-refractivity contribution in [3.8, 4) is 0 Å². The van der Waals surface area contributed by atoms with E-state index in [1.54, 1.807) is 0 Å². The smallest absolute Gasteiger partial charge is 0.126 e. The molecule has 1 fully saturated rings. The molecule has 1 aliphatic rings. The molecule has 0 N–H and O–H groups in total. The minimum absolute atomic E-state index is 0.167. The van der Waals surface area contributed by atoms with Crippen molar-refractivity contribution in [3.63, 3.8) is 0 Å². The van der Waals surface area contributed by atoms with Crippen LogP contribution in [0.1, 0.15) is 33.6 Å². The Hall–Kier alpha value is -0.410. The first-order chi connectivity index (χ1) is 6.16. The average molecular weight is 188 g/mol. The monoisotopic (exact) mass is 188 g/mol. The van der Waals surface area contributed by atoms with E-state index in [4.69, 9.17) is 9.47 Å². The molecule has 1 aliphatic heterocycles. The highest BCUT2D eigenvalue weighted by Gasteiger charge is 2.21. The van der Waals surface area contributed by atoms with Crippen molar-refractivity contribution in [2.24, 2.45) is 0 Å². The van der Waals surface area contributed by atoms with E-state index in [0.29, 0.717) is 6.10 Å². The number of hydrogen-bond acceptors (Lipinski definition) is 3. The van der Waals surface area contributed by atoms with Crippen LogP contribution in [0.15, 0.2) is 0 Å². The lowest BCUT2D eigenvalue weighted by Crippen LogP contribution is -2.01. The second-order valence-corrected chi connectivity index (χ2v) is 3.29. The molecule has 0 aromatic carbocycles. The SMILES string of the molecule is CC(C)=O.CCCCOCC1CO1. The summed E-state index contributed by atoms with van der Waals surface area (Å²) in [6.07, 6.45) is 2.82. The van der Waals surface area contributed by atoms with Crippen LogP contribution in [0.5, 0.6) is 0 Å². The zero-order valence-corrected chi connectivity index (χ0v) is 8.84. The van der Waals surface area contributed by atoms with Crippen molar-refractivity contribution in [2.45, 2.75) is 39.7 Å². The number of ether oxygens (including phenoxy) is 2. The second-order valence-electron chi connectivity index (χ2n) is 3.29. The molecule has 3 heteroatoms. The van der Waals surface area contributed by atoms with Gasteiger partial charge in [0.1, 0.15) is 11.9 Å². The third-order valence-electron chi connectivity index (χ3n) is 1.35. The van der Waals surface area contributed by atoms with Gasteiger partial charge in [-0.15, -0.1) is 0 Å². The highest BCUT2D eigenvalue weighted by atomic mass is 16.6. The Morgan fingerprint density at radius 2 is 2.08 bits per heavy atom. The fraction of sp³-hybridized carbons (Fsp3) is 0.900. The number of Topliss-reactive ketones (excluding diaryl/α,β-unsaturated/α-hetero) is 1. The van der Waals surface area contributed by atoms with Crippen molar-refractivity contribution in [1.82, 2.24) is 0 Å². The largest absolute Gasteiger partial charge is 0.379 e. The minimum Gasteiger partial charge on any atom is -0.379 e. The lowest BCUT2D eigenvalue weighted by molar-refractivity contribution is -0.114. The summed E-state index contributed by atoms with van der Waals surface area (Å²) in [5, 5.41) is 0. The molecule has 0 aliphatic carbocycles. The molecular formula is C10H20O3. The summed E-state index contributed by atoms with van der Waals surface area (Å²) >= 11 is 0. The Morgan fingerprint density at radius 1 is 1.54 bits per heavy atom. The van der Waals surface area contributed by atoms with Gasteiger partial charge in [0.25, 0.3) is 0 Å². The van der Waals surface area contributed by atoms with E-state index in [1.807, 2.05) is 0 Å². The summed E-state index contributed by atoms with van der Waals surface area (Å²) in [7, 11) is 0. The lowest BCUT2D eigenvalue weighted by Gasteiger charge is -1.97. The van der Waals surface area contributed by atoms with Gasteiger partial charge in [0.05, 0.1) is 13.2 Å². The standard InChI is InChI=1S/C7H14O2.C3H6O/c1-2-3-4-8-5-7-6-9-7;1-3(2)4/h7H,2-6H2,1H3;1-2H3. The summed E-state index contributed by atoms with van der Waals surface area (Å²) in [5.41, 5.74) is 0. The number of unbranched alkanes of at least 4 members (excludes halogenated alkanes) is 1. The summed E-state index contributed by atoms with van der Waals surface area (Å²) < 4.78 is 10.2. The van der Waals surface area contributed by atoms with Gasteiger partial charge in [-0.1, -0.05) is 13.3 Å². The summed E-state index contributed by atoms with van der Waals surface area (Å²) in [6.45, 7) is 7.83. The van der Waals surface area contributed by atoms with Crippen LogP contribution in [0.3, 0.4) is 0 Å². The van der Waals surface area contributed by atoms with Crippen LogP contribution in [0.25, 0.3) is 0 Å². The Balaban J connectivity index is 0.000000310. The number of hydrogen-bond donors (Lipinski definition) is 0. The Labute approximate surface area is 80.4 Å². The average Bonchev–Trinajstić information content (AvgIpc) is 2.80. The van der Waals surface area contributed by atoms with Gasteiger partial charge in [0.15, 0.2) is 0 Å². The van der Waals surface area contributed by atoms with Gasteiger partial charge >= 0.3 is 0 Å². The molecule has 0 radical (unpaired) electrons. The third kappa shape index (κ3) is 14.4. The van der Waals surface area contributed by atoms with Crippen LogP contribution >= 0.6 is 0 Å². The molecular weight excluding hydrogens is 168 g/mol. The zero-order chi connectivity index (χ0) is 10.1. The van der Waals surface area contributed by atoms with Crippen molar-refractivity contribution in [1.29, 1.82) is 0 Å². The molecule has 1 rings (SSSR count). The summed E-state index contributed by atoms with van der Waals surface area (Å²) in [6, 6.07) is 0. The minimum atomic E-state index is 0.167. The predicted molar refractivity (Wildman–Crippen MR) is 51.8 cm³/mol. The van der Waals surface area contributed by atoms with E-state index < -0.39 is 0 Å². The van der Waals surface area contributed by atoms with Gasteiger partial charge in [0.2, 0.25) is 0 Å². The maximum Gasteiger partial charge on any atom is 0.126 e.